The Balaban J connectivity index is 3.10. The van der Waals surface area contributed by atoms with Gasteiger partial charge in [-0.15, -0.1) is 0 Å². The molecule has 0 aromatic heterocycles. The van der Waals surface area contributed by atoms with Gasteiger partial charge in [0.15, 0.2) is 11.6 Å². The zero-order chi connectivity index (χ0) is 11.4. The minimum Gasteiger partial charge on any atom is -0.545 e. The van der Waals surface area contributed by atoms with Gasteiger partial charge in [-0.25, -0.2) is 8.78 Å². The molecular formula is C10H7F2O3-. The summed E-state index contributed by atoms with van der Waals surface area (Å²) in [5.74, 6) is -3.26. The van der Waals surface area contributed by atoms with E-state index >= 15 is 0 Å². The van der Waals surface area contributed by atoms with E-state index < -0.39 is 17.6 Å². The first-order valence-corrected chi connectivity index (χ1v) is 3.96. The fourth-order valence-electron chi connectivity index (χ4n) is 0.986. The second-order valence-electron chi connectivity index (χ2n) is 2.66. The van der Waals surface area contributed by atoms with Gasteiger partial charge in [0.25, 0.3) is 0 Å². The van der Waals surface area contributed by atoms with E-state index in [1.54, 1.807) is 0 Å². The predicted octanol–water partition coefficient (Wildman–Crippen LogP) is 0.736. The van der Waals surface area contributed by atoms with E-state index in [0.717, 1.165) is 18.2 Å². The van der Waals surface area contributed by atoms with E-state index in [0.29, 0.717) is 6.08 Å². The first-order chi connectivity index (χ1) is 7.04. The third-order valence-corrected chi connectivity index (χ3v) is 1.67. The number of halogens is 2. The van der Waals surface area contributed by atoms with Gasteiger partial charge >= 0.3 is 0 Å². The second kappa shape index (κ2) is 4.54. The molecule has 1 rings (SSSR count). The molecule has 80 valence electrons. The molecule has 0 bridgehead atoms. The Bertz CT molecular complexity index is 413. The molecule has 1 aromatic carbocycles. The molecule has 0 spiro atoms. The molecule has 0 heterocycles. The topological polar surface area (TPSA) is 49.4 Å². The number of benzene rings is 1. The van der Waals surface area contributed by atoms with Gasteiger partial charge in [0.1, 0.15) is 5.82 Å². The molecule has 0 atom stereocenters. The summed E-state index contributed by atoms with van der Waals surface area (Å²) in [7, 11) is 1.20. The number of methoxy groups -OCH3 is 1. The Hall–Kier alpha value is -1.91. The minimum atomic E-state index is -1.48. The maximum absolute atomic E-state index is 13.2. The first kappa shape index (κ1) is 11.2. The Kier molecular flexibility index (Phi) is 3.38. The van der Waals surface area contributed by atoms with Crippen molar-refractivity contribution < 1.29 is 23.4 Å². The van der Waals surface area contributed by atoms with Gasteiger partial charge in [0.2, 0.25) is 0 Å². The summed E-state index contributed by atoms with van der Waals surface area (Å²) in [5, 5.41) is 10.1. The molecule has 5 heteroatoms. The highest BCUT2D eigenvalue weighted by Gasteiger charge is 2.07. The molecule has 0 radical (unpaired) electrons. The van der Waals surface area contributed by atoms with Crippen molar-refractivity contribution in [3.63, 3.8) is 0 Å². The fourth-order valence-corrected chi connectivity index (χ4v) is 0.986. The zero-order valence-electron chi connectivity index (χ0n) is 7.79. The Morgan fingerprint density at radius 1 is 1.40 bits per heavy atom. The quantitative estimate of drug-likeness (QED) is 0.695. The average molecular weight is 213 g/mol. The normalized spacial score (nSPS) is 10.6. The second-order valence-corrected chi connectivity index (χ2v) is 2.66. The molecule has 0 saturated heterocycles. The van der Waals surface area contributed by atoms with Gasteiger partial charge in [0, 0.05) is 11.6 Å². The van der Waals surface area contributed by atoms with Crippen LogP contribution < -0.4 is 9.84 Å². The summed E-state index contributed by atoms with van der Waals surface area (Å²) in [5.41, 5.74) is -0.183. The van der Waals surface area contributed by atoms with Crippen molar-refractivity contribution in [3.8, 4) is 5.75 Å². The van der Waals surface area contributed by atoms with Crippen molar-refractivity contribution in [2.45, 2.75) is 0 Å². The molecular weight excluding hydrogens is 206 g/mol. The van der Waals surface area contributed by atoms with Crippen LogP contribution in [0.25, 0.3) is 6.08 Å². The predicted molar refractivity (Wildman–Crippen MR) is 47.0 cm³/mol. The largest absolute Gasteiger partial charge is 0.545 e. The lowest BCUT2D eigenvalue weighted by Crippen LogP contribution is -2.18. The van der Waals surface area contributed by atoms with Crippen LogP contribution >= 0.6 is 0 Å². The average Bonchev–Trinajstić information content (AvgIpc) is 2.18. The van der Waals surface area contributed by atoms with E-state index in [9.17, 15) is 18.7 Å². The van der Waals surface area contributed by atoms with Gasteiger partial charge in [-0.2, -0.15) is 0 Å². The molecule has 0 aliphatic carbocycles. The van der Waals surface area contributed by atoms with Crippen LogP contribution in [0.15, 0.2) is 18.2 Å². The van der Waals surface area contributed by atoms with E-state index in [4.69, 9.17) is 0 Å². The summed E-state index contributed by atoms with van der Waals surface area (Å²) in [6, 6.07) is 1.68. The molecule has 0 amide bonds. The SMILES string of the molecule is COc1cc(F)c(/C=C/C(=O)[O-])cc1F. The maximum Gasteiger partial charge on any atom is 0.165 e. The minimum absolute atomic E-state index is 0.183. The van der Waals surface area contributed by atoms with Crippen LogP contribution in [0.4, 0.5) is 8.78 Å². The molecule has 3 nitrogen and oxygen atoms in total. The van der Waals surface area contributed by atoms with Crippen LogP contribution in [0.5, 0.6) is 5.75 Å². The van der Waals surface area contributed by atoms with Crippen molar-refractivity contribution in [2.24, 2.45) is 0 Å². The molecule has 1 aromatic rings. The van der Waals surface area contributed by atoms with E-state index in [-0.39, 0.29) is 11.3 Å². The maximum atomic E-state index is 13.2. The van der Waals surface area contributed by atoms with Gasteiger partial charge in [0.05, 0.1) is 13.1 Å². The lowest BCUT2D eigenvalue weighted by Gasteiger charge is -2.04. The smallest absolute Gasteiger partial charge is 0.165 e. The molecule has 0 fully saturated rings. The Morgan fingerprint density at radius 3 is 2.60 bits per heavy atom. The summed E-state index contributed by atoms with van der Waals surface area (Å²) in [6.07, 6.45) is 1.53. The van der Waals surface area contributed by atoms with Crippen molar-refractivity contribution >= 4 is 12.0 Å². The van der Waals surface area contributed by atoms with Crippen molar-refractivity contribution in [1.82, 2.24) is 0 Å². The highest BCUT2D eigenvalue weighted by atomic mass is 19.1. The van der Waals surface area contributed by atoms with Crippen molar-refractivity contribution in [1.29, 1.82) is 0 Å². The van der Waals surface area contributed by atoms with Gasteiger partial charge < -0.3 is 14.6 Å². The number of carboxylic acids is 1. The number of ether oxygens (including phenoxy) is 1. The van der Waals surface area contributed by atoms with Crippen LogP contribution in [-0.2, 0) is 4.79 Å². The van der Waals surface area contributed by atoms with E-state index in [2.05, 4.69) is 4.74 Å². The van der Waals surface area contributed by atoms with Crippen LogP contribution in [0.1, 0.15) is 5.56 Å². The number of carbonyl (C=O) groups excluding carboxylic acids is 1. The molecule has 0 unspecified atom stereocenters. The van der Waals surface area contributed by atoms with Crippen LogP contribution in [0.3, 0.4) is 0 Å². The standard InChI is InChI=1S/C10H8F2O3/c1-15-9-5-7(11)6(4-8(9)12)2-3-10(13)14/h2-5H,1H3,(H,13,14)/p-1/b3-2+. The monoisotopic (exact) mass is 213 g/mol. The highest BCUT2D eigenvalue weighted by Crippen LogP contribution is 2.21. The molecule has 15 heavy (non-hydrogen) atoms. The van der Waals surface area contributed by atoms with Gasteiger partial charge in [-0.05, 0) is 12.1 Å². The number of carbonyl (C=O) groups is 1. The Morgan fingerprint density at radius 2 is 2.07 bits per heavy atom. The van der Waals surface area contributed by atoms with Crippen molar-refractivity contribution in [2.75, 3.05) is 7.11 Å². The first-order valence-electron chi connectivity index (χ1n) is 3.96. The molecule has 0 aliphatic heterocycles. The molecule has 0 N–H and O–H groups in total. The van der Waals surface area contributed by atoms with Gasteiger partial charge in [-0.1, -0.05) is 6.08 Å². The van der Waals surface area contributed by atoms with E-state index in [1.165, 1.54) is 7.11 Å². The number of hydrogen-bond acceptors (Lipinski definition) is 3. The summed E-state index contributed by atoms with van der Waals surface area (Å²) >= 11 is 0. The number of rotatable bonds is 3. The lowest BCUT2D eigenvalue weighted by atomic mass is 10.2. The Labute approximate surface area is 84.6 Å². The zero-order valence-corrected chi connectivity index (χ0v) is 7.79. The number of aliphatic carboxylic acids is 1. The highest BCUT2D eigenvalue weighted by molar-refractivity contribution is 5.83. The van der Waals surface area contributed by atoms with Gasteiger partial charge in [-0.3, -0.25) is 0 Å². The van der Waals surface area contributed by atoms with E-state index in [1.807, 2.05) is 0 Å². The third-order valence-electron chi connectivity index (χ3n) is 1.67. The van der Waals surface area contributed by atoms with Crippen LogP contribution in [0.2, 0.25) is 0 Å². The number of hydrogen-bond donors (Lipinski definition) is 0. The molecule has 0 saturated carbocycles. The summed E-state index contributed by atoms with van der Waals surface area (Å²) < 4.78 is 30.8. The summed E-state index contributed by atoms with van der Waals surface area (Å²) in [4.78, 5) is 10.1. The van der Waals surface area contributed by atoms with Crippen molar-refractivity contribution in [3.05, 3.63) is 35.4 Å². The summed E-state index contributed by atoms with van der Waals surface area (Å²) in [6.45, 7) is 0. The van der Waals surface area contributed by atoms with Crippen LogP contribution in [-0.4, -0.2) is 13.1 Å². The third kappa shape index (κ3) is 2.77. The lowest BCUT2D eigenvalue weighted by molar-refractivity contribution is -0.297. The number of carboxylic acid groups (broad SMARTS) is 1. The molecule has 0 aliphatic rings. The van der Waals surface area contributed by atoms with Crippen LogP contribution in [0, 0.1) is 11.6 Å². The fraction of sp³-hybridized carbons (Fsp3) is 0.100.